The minimum absolute atomic E-state index is 0.0909. The van der Waals surface area contributed by atoms with Crippen LogP contribution in [0.25, 0.3) is 0 Å². The number of rotatable bonds is 8. The predicted octanol–water partition coefficient (Wildman–Crippen LogP) is 2.04. The molecule has 2 N–H and O–H groups in total. The Morgan fingerprint density at radius 1 is 1.11 bits per heavy atom. The molecule has 0 aliphatic heterocycles. The largest absolute Gasteiger partial charge is 0.397 e. The summed E-state index contributed by atoms with van der Waals surface area (Å²) >= 11 is 0. The van der Waals surface area contributed by atoms with Crippen molar-refractivity contribution in [1.82, 2.24) is 0 Å². The Morgan fingerprint density at radius 2 is 1.79 bits per heavy atom. The molecule has 1 aromatic rings. The van der Waals surface area contributed by atoms with Crippen molar-refractivity contribution < 1.29 is 18.3 Å². The molecule has 0 bridgehead atoms. The molecule has 0 radical (unpaired) electrons. The molecule has 0 saturated heterocycles. The lowest BCUT2D eigenvalue weighted by Crippen LogP contribution is -2.30. The number of nitrogens with two attached hydrogens (primary N) is 1. The molecule has 4 nitrogen and oxygen atoms in total. The van der Waals surface area contributed by atoms with Crippen LogP contribution in [0.5, 0.6) is 0 Å². The van der Waals surface area contributed by atoms with Crippen molar-refractivity contribution >= 4 is 11.4 Å². The predicted molar refractivity (Wildman–Crippen MR) is 71.4 cm³/mol. The molecule has 0 aromatic heterocycles. The van der Waals surface area contributed by atoms with Gasteiger partial charge >= 0.3 is 0 Å². The third-order valence-electron chi connectivity index (χ3n) is 2.76. The molecule has 1 rings (SSSR count). The fourth-order valence-corrected chi connectivity index (χ4v) is 1.81. The molecule has 0 atom stereocenters. The lowest BCUT2D eigenvalue weighted by molar-refractivity contribution is 0.191. The van der Waals surface area contributed by atoms with Gasteiger partial charge in [0, 0.05) is 33.9 Å². The Labute approximate surface area is 112 Å². The van der Waals surface area contributed by atoms with E-state index in [0.29, 0.717) is 32.7 Å². The van der Waals surface area contributed by atoms with E-state index in [1.54, 1.807) is 19.1 Å². The van der Waals surface area contributed by atoms with Crippen LogP contribution in [0.15, 0.2) is 12.1 Å². The zero-order valence-corrected chi connectivity index (χ0v) is 11.3. The van der Waals surface area contributed by atoms with Gasteiger partial charge in [-0.05, 0) is 18.6 Å². The van der Waals surface area contributed by atoms with Gasteiger partial charge in [0.15, 0.2) is 11.6 Å². The lowest BCUT2D eigenvalue weighted by atomic mass is 10.2. The van der Waals surface area contributed by atoms with Gasteiger partial charge in [0.1, 0.15) is 0 Å². The molecule has 6 heteroatoms. The molecular weight excluding hydrogens is 254 g/mol. The van der Waals surface area contributed by atoms with E-state index in [4.69, 9.17) is 15.2 Å². The molecule has 0 saturated carbocycles. The quantitative estimate of drug-likeness (QED) is 0.582. The van der Waals surface area contributed by atoms with E-state index >= 15 is 0 Å². The molecule has 0 heterocycles. The molecule has 0 spiro atoms. The van der Waals surface area contributed by atoms with Crippen LogP contribution in [0.4, 0.5) is 20.2 Å². The number of hydrogen-bond donors (Lipinski definition) is 1. The van der Waals surface area contributed by atoms with Crippen LogP contribution in [-0.2, 0) is 9.47 Å². The SMILES string of the molecule is COCCCN(CCOC)c1c(N)ccc(F)c1F. The second-order valence-electron chi connectivity index (χ2n) is 4.13. The first-order chi connectivity index (χ1) is 9.11. The van der Waals surface area contributed by atoms with E-state index < -0.39 is 11.6 Å². The number of benzene rings is 1. The first-order valence-corrected chi connectivity index (χ1v) is 6.08. The molecule has 19 heavy (non-hydrogen) atoms. The first-order valence-electron chi connectivity index (χ1n) is 6.08. The average Bonchev–Trinajstić information content (AvgIpc) is 2.40. The molecule has 0 aliphatic rings. The van der Waals surface area contributed by atoms with Crippen LogP contribution in [0, 0.1) is 11.6 Å². The van der Waals surface area contributed by atoms with Gasteiger partial charge in [-0.3, -0.25) is 0 Å². The summed E-state index contributed by atoms with van der Waals surface area (Å²) in [6, 6.07) is 2.39. The van der Waals surface area contributed by atoms with E-state index in [0.717, 1.165) is 6.07 Å². The number of methoxy groups -OCH3 is 2. The fourth-order valence-electron chi connectivity index (χ4n) is 1.81. The highest BCUT2D eigenvalue weighted by atomic mass is 19.2. The van der Waals surface area contributed by atoms with Gasteiger partial charge in [-0.2, -0.15) is 0 Å². The van der Waals surface area contributed by atoms with Crippen LogP contribution < -0.4 is 10.6 Å². The Kier molecular flexibility index (Phi) is 6.52. The fraction of sp³-hybridized carbons (Fsp3) is 0.538. The Bertz CT molecular complexity index is 402. The number of halogens is 2. The highest BCUT2D eigenvalue weighted by molar-refractivity contribution is 5.68. The summed E-state index contributed by atoms with van der Waals surface area (Å²) in [6.07, 6.45) is 0.690. The number of anilines is 2. The van der Waals surface area contributed by atoms with Crippen molar-refractivity contribution in [1.29, 1.82) is 0 Å². The van der Waals surface area contributed by atoms with Gasteiger partial charge in [-0.15, -0.1) is 0 Å². The third kappa shape index (κ3) is 4.33. The van der Waals surface area contributed by atoms with Crippen LogP contribution in [0.3, 0.4) is 0 Å². The number of ether oxygens (including phenoxy) is 2. The van der Waals surface area contributed by atoms with Gasteiger partial charge in [-0.1, -0.05) is 0 Å². The average molecular weight is 274 g/mol. The molecule has 108 valence electrons. The van der Waals surface area contributed by atoms with E-state index in [-0.39, 0.29) is 11.4 Å². The topological polar surface area (TPSA) is 47.7 Å². The van der Waals surface area contributed by atoms with E-state index in [1.165, 1.54) is 6.07 Å². The van der Waals surface area contributed by atoms with Crippen LogP contribution in [0.2, 0.25) is 0 Å². The lowest BCUT2D eigenvalue weighted by Gasteiger charge is -2.26. The molecule has 0 fully saturated rings. The van der Waals surface area contributed by atoms with Gasteiger partial charge in [0.2, 0.25) is 0 Å². The molecule has 1 aromatic carbocycles. The summed E-state index contributed by atoms with van der Waals surface area (Å²) in [5.41, 5.74) is 6.05. The van der Waals surface area contributed by atoms with Gasteiger partial charge < -0.3 is 20.1 Å². The molecule has 0 unspecified atom stereocenters. The second-order valence-corrected chi connectivity index (χ2v) is 4.13. The zero-order chi connectivity index (χ0) is 14.3. The van der Waals surface area contributed by atoms with Crippen molar-refractivity contribution in [3.05, 3.63) is 23.8 Å². The summed E-state index contributed by atoms with van der Waals surface area (Å²) in [7, 11) is 3.15. The highest BCUT2D eigenvalue weighted by Gasteiger charge is 2.18. The number of hydrogen-bond acceptors (Lipinski definition) is 4. The molecular formula is C13H20F2N2O2. The van der Waals surface area contributed by atoms with Crippen LogP contribution >= 0.6 is 0 Å². The third-order valence-corrected chi connectivity index (χ3v) is 2.76. The monoisotopic (exact) mass is 274 g/mol. The normalized spacial score (nSPS) is 10.7. The number of nitrogen functional groups attached to an aromatic ring is 1. The number of nitrogens with zero attached hydrogens (tertiary/aromatic N) is 1. The smallest absolute Gasteiger partial charge is 0.184 e. The van der Waals surface area contributed by atoms with Crippen molar-refractivity contribution in [2.45, 2.75) is 6.42 Å². The van der Waals surface area contributed by atoms with Crippen molar-refractivity contribution in [3.63, 3.8) is 0 Å². The minimum Gasteiger partial charge on any atom is -0.397 e. The summed E-state index contributed by atoms with van der Waals surface area (Å²) in [6.45, 7) is 1.90. The maximum Gasteiger partial charge on any atom is 0.184 e. The van der Waals surface area contributed by atoms with E-state index in [1.807, 2.05) is 0 Å². The summed E-state index contributed by atoms with van der Waals surface area (Å²) in [4.78, 5) is 1.68. The standard InChI is InChI=1S/C13H20F2N2O2/c1-18-8-3-6-17(7-9-19-2)13-11(16)5-4-10(14)12(13)15/h4-5H,3,6-9,16H2,1-2H3. The van der Waals surface area contributed by atoms with E-state index in [2.05, 4.69) is 0 Å². The van der Waals surface area contributed by atoms with Gasteiger partial charge in [-0.25, -0.2) is 8.78 Å². The Hall–Kier alpha value is -1.40. The highest BCUT2D eigenvalue weighted by Crippen LogP contribution is 2.28. The summed E-state index contributed by atoms with van der Waals surface area (Å²) in [5, 5.41) is 0. The van der Waals surface area contributed by atoms with Crippen molar-refractivity contribution in [2.24, 2.45) is 0 Å². The maximum absolute atomic E-state index is 13.9. The van der Waals surface area contributed by atoms with Gasteiger partial charge in [0.05, 0.1) is 18.0 Å². The molecule has 0 aliphatic carbocycles. The minimum atomic E-state index is -0.923. The van der Waals surface area contributed by atoms with Crippen molar-refractivity contribution in [3.8, 4) is 0 Å². The van der Waals surface area contributed by atoms with Crippen molar-refractivity contribution in [2.75, 3.05) is 51.2 Å². The Balaban J connectivity index is 2.92. The zero-order valence-electron chi connectivity index (χ0n) is 11.3. The van der Waals surface area contributed by atoms with Gasteiger partial charge in [0.25, 0.3) is 0 Å². The maximum atomic E-state index is 13.9. The summed E-state index contributed by atoms with van der Waals surface area (Å²) in [5.74, 6) is -1.83. The Morgan fingerprint density at radius 3 is 2.42 bits per heavy atom. The van der Waals surface area contributed by atoms with E-state index in [9.17, 15) is 8.78 Å². The first kappa shape index (κ1) is 15.7. The second kappa shape index (κ2) is 7.91. The summed E-state index contributed by atoms with van der Waals surface area (Å²) < 4.78 is 37.1. The molecule has 0 amide bonds. The van der Waals surface area contributed by atoms with Crippen LogP contribution in [-0.4, -0.2) is 40.5 Å². The van der Waals surface area contributed by atoms with Crippen LogP contribution in [0.1, 0.15) is 6.42 Å².